The van der Waals surface area contributed by atoms with Crippen LogP contribution in [0, 0.1) is 0 Å². The normalized spacial score (nSPS) is 17.7. The van der Waals surface area contributed by atoms with Gasteiger partial charge in [-0.15, -0.1) is 0 Å². The minimum Gasteiger partial charge on any atom is -0.481 e. The maximum absolute atomic E-state index is 12.2. The number of carboxylic acid groups (broad SMARTS) is 1. The molecule has 0 saturated heterocycles. The molecule has 1 unspecified atom stereocenters. The van der Waals surface area contributed by atoms with Crippen LogP contribution in [0.1, 0.15) is 23.6 Å². The number of rotatable bonds is 2. The predicted molar refractivity (Wildman–Crippen MR) is 65.1 cm³/mol. The van der Waals surface area contributed by atoms with Crippen LogP contribution in [0.5, 0.6) is 0 Å². The number of aromatic amines is 1. The fourth-order valence-electron chi connectivity index (χ4n) is 2.46. The lowest BCUT2D eigenvalue weighted by atomic mass is 10.1. The largest absolute Gasteiger partial charge is 0.481 e. The summed E-state index contributed by atoms with van der Waals surface area (Å²) in [6, 6.07) is 9.15. The van der Waals surface area contributed by atoms with Gasteiger partial charge in [-0.2, -0.15) is 0 Å². The lowest BCUT2D eigenvalue weighted by Gasteiger charge is -2.05. The molecule has 0 bridgehead atoms. The fourth-order valence-corrected chi connectivity index (χ4v) is 2.46. The van der Waals surface area contributed by atoms with Crippen molar-refractivity contribution in [3.8, 4) is 5.69 Å². The van der Waals surface area contributed by atoms with Gasteiger partial charge in [0.2, 0.25) is 0 Å². The van der Waals surface area contributed by atoms with E-state index in [0.717, 1.165) is 5.69 Å². The Balaban J connectivity index is 2.14. The van der Waals surface area contributed by atoms with Crippen molar-refractivity contribution in [3.05, 3.63) is 51.9 Å². The van der Waals surface area contributed by atoms with E-state index in [-0.39, 0.29) is 5.56 Å². The molecule has 1 aliphatic carbocycles. The first-order chi connectivity index (χ1) is 8.68. The zero-order chi connectivity index (χ0) is 12.7. The Kier molecular flexibility index (Phi) is 2.33. The average Bonchev–Trinajstić information content (AvgIpc) is 2.91. The zero-order valence-corrected chi connectivity index (χ0v) is 9.59. The fraction of sp³-hybridized carbons (Fsp3) is 0.231. The number of benzene rings is 1. The molecule has 0 saturated carbocycles. The topological polar surface area (TPSA) is 75.1 Å². The number of para-hydroxylation sites is 1. The molecule has 5 heteroatoms. The Morgan fingerprint density at radius 2 is 2.06 bits per heavy atom. The summed E-state index contributed by atoms with van der Waals surface area (Å²) in [5.74, 6) is -1.46. The summed E-state index contributed by atoms with van der Waals surface area (Å²) in [5, 5.41) is 12.0. The van der Waals surface area contributed by atoms with Crippen molar-refractivity contribution >= 4 is 5.97 Å². The molecule has 92 valence electrons. The van der Waals surface area contributed by atoms with E-state index in [1.54, 1.807) is 0 Å². The van der Waals surface area contributed by atoms with Gasteiger partial charge in [0.1, 0.15) is 0 Å². The third-order valence-electron chi connectivity index (χ3n) is 3.36. The third-order valence-corrected chi connectivity index (χ3v) is 3.36. The smallest absolute Gasteiger partial charge is 0.312 e. The summed E-state index contributed by atoms with van der Waals surface area (Å²) >= 11 is 0. The molecule has 1 aliphatic rings. The van der Waals surface area contributed by atoms with Gasteiger partial charge in [0.15, 0.2) is 0 Å². The van der Waals surface area contributed by atoms with Crippen LogP contribution in [-0.2, 0) is 11.2 Å². The molecule has 2 aromatic rings. The summed E-state index contributed by atoms with van der Waals surface area (Å²) in [7, 11) is 0. The van der Waals surface area contributed by atoms with Crippen molar-refractivity contribution in [2.75, 3.05) is 0 Å². The van der Waals surface area contributed by atoms with Crippen molar-refractivity contribution < 1.29 is 9.90 Å². The number of nitrogens with one attached hydrogen (secondary N) is 1. The van der Waals surface area contributed by atoms with Gasteiger partial charge in [-0.05, 0) is 25.0 Å². The van der Waals surface area contributed by atoms with Crippen molar-refractivity contribution in [3.63, 3.8) is 0 Å². The second-order valence-corrected chi connectivity index (χ2v) is 4.41. The van der Waals surface area contributed by atoms with Gasteiger partial charge >= 0.3 is 5.97 Å². The first kappa shape index (κ1) is 10.8. The Bertz CT molecular complexity index is 655. The number of carbonyl (C=O) groups is 1. The SMILES string of the molecule is O=C(O)C1CCc2c1[nH]n(-c1ccccc1)c2=O. The quantitative estimate of drug-likeness (QED) is 0.835. The monoisotopic (exact) mass is 244 g/mol. The molecule has 0 aliphatic heterocycles. The van der Waals surface area contributed by atoms with Gasteiger partial charge in [0.25, 0.3) is 5.56 Å². The van der Waals surface area contributed by atoms with Gasteiger partial charge in [0.05, 0.1) is 17.3 Å². The molecule has 0 radical (unpaired) electrons. The highest BCUT2D eigenvalue weighted by atomic mass is 16.4. The first-order valence-electron chi connectivity index (χ1n) is 5.80. The molecular weight excluding hydrogens is 232 g/mol. The highest BCUT2D eigenvalue weighted by Gasteiger charge is 2.33. The Labute approximate surface area is 103 Å². The Morgan fingerprint density at radius 1 is 1.33 bits per heavy atom. The first-order valence-corrected chi connectivity index (χ1v) is 5.80. The Morgan fingerprint density at radius 3 is 2.72 bits per heavy atom. The van der Waals surface area contributed by atoms with E-state index in [2.05, 4.69) is 5.10 Å². The third kappa shape index (κ3) is 1.48. The van der Waals surface area contributed by atoms with E-state index in [1.165, 1.54) is 4.68 Å². The molecule has 3 rings (SSSR count). The van der Waals surface area contributed by atoms with Crippen LogP contribution in [0.4, 0.5) is 0 Å². The molecule has 1 atom stereocenters. The summed E-state index contributed by atoms with van der Waals surface area (Å²) in [6.07, 6.45) is 1.03. The summed E-state index contributed by atoms with van der Waals surface area (Å²) in [5.41, 5.74) is 1.74. The number of carboxylic acids is 1. The lowest BCUT2D eigenvalue weighted by molar-refractivity contribution is -0.138. The standard InChI is InChI=1S/C13H12N2O3/c16-12-9-6-7-10(13(17)18)11(9)14-15(12)8-4-2-1-3-5-8/h1-5,10,14H,6-7H2,(H,17,18). The molecule has 18 heavy (non-hydrogen) atoms. The van der Waals surface area contributed by atoms with Crippen LogP contribution in [-0.4, -0.2) is 20.9 Å². The van der Waals surface area contributed by atoms with Crippen molar-refractivity contribution in [1.29, 1.82) is 0 Å². The Hall–Kier alpha value is -2.30. The number of aromatic nitrogens is 2. The number of nitrogens with zero attached hydrogens (tertiary/aromatic N) is 1. The van der Waals surface area contributed by atoms with Crippen LogP contribution in [0.2, 0.25) is 0 Å². The molecule has 1 heterocycles. The van der Waals surface area contributed by atoms with Crippen LogP contribution in [0.25, 0.3) is 5.69 Å². The van der Waals surface area contributed by atoms with Crippen LogP contribution in [0.3, 0.4) is 0 Å². The van der Waals surface area contributed by atoms with E-state index < -0.39 is 11.9 Å². The highest BCUT2D eigenvalue weighted by Crippen LogP contribution is 2.30. The molecule has 0 fully saturated rings. The second-order valence-electron chi connectivity index (χ2n) is 4.41. The minimum absolute atomic E-state index is 0.139. The number of H-pyrrole nitrogens is 1. The number of hydrogen-bond acceptors (Lipinski definition) is 2. The van der Waals surface area contributed by atoms with E-state index in [4.69, 9.17) is 5.11 Å². The number of hydrogen-bond donors (Lipinski definition) is 2. The van der Waals surface area contributed by atoms with Crippen LogP contribution in [0.15, 0.2) is 35.1 Å². The average molecular weight is 244 g/mol. The van der Waals surface area contributed by atoms with E-state index >= 15 is 0 Å². The van der Waals surface area contributed by atoms with Crippen molar-refractivity contribution in [1.82, 2.24) is 9.78 Å². The number of fused-ring (bicyclic) bond motifs is 1. The van der Waals surface area contributed by atoms with E-state index in [9.17, 15) is 9.59 Å². The molecule has 5 nitrogen and oxygen atoms in total. The zero-order valence-electron chi connectivity index (χ0n) is 9.59. The van der Waals surface area contributed by atoms with Gasteiger partial charge in [-0.1, -0.05) is 18.2 Å². The molecule has 1 aromatic heterocycles. The lowest BCUT2D eigenvalue weighted by Crippen LogP contribution is -2.17. The molecule has 1 aromatic carbocycles. The highest BCUT2D eigenvalue weighted by molar-refractivity contribution is 5.77. The van der Waals surface area contributed by atoms with Crippen molar-refractivity contribution in [2.24, 2.45) is 0 Å². The van der Waals surface area contributed by atoms with Crippen molar-refractivity contribution in [2.45, 2.75) is 18.8 Å². The molecule has 0 amide bonds. The summed E-state index contributed by atoms with van der Waals surface area (Å²) in [4.78, 5) is 23.3. The number of aliphatic carboxylic acids is 1. The maximum Gasteiger partial charge on any atom is 0.312 e. The molecular formula is C13H12N2O3. The second kappa shape index (κ2) is 3.87. The summed E-state index contributed by atoms with van der Waals surface area (Å²) < 4.78 is 1.42. The molecule has 2 N–H and O–H groups in total. The van der Waals surface area contributed by atoms with Gasteiger partial charge in [-0.3, -0.25) is 14.7 Å². The van der Waals surface area contributed by atoms with Gasteiger partial charge in [0, 0.05) is 5.56 Å². The van der Waals surface area contributed by atoms with E-state index in [0.29, 0.717) is 24.1 Å². The van der Waals surface area contributed by atoms with Crippen LogP contribution >= 0.6 is 0 Å². The summed E-state index contributed by atoms with van der Waals surface area (Å²) in [6.45, 7) is 0. The predicted octanol–water partition coefficient (Wildman–Crippen LogP) is 1.28. The maximum atomic E-state index is 12.2. The van der Waals surface area contributed by atoms with Gasteiger partial charge in [-0.25, -0.2) is 4.68 Å². The minimum atomic E-state index is -0.879. The van der Waals surface area contributed by atoms with Gasteiger partial charge < -0.3 is 5.11 Å². The van der Waals surface area contributed by atoms with Crippen LogP contribution < -0.4 is 5.56 Å². The van der Waals surface area contributed by atoms with E-state index in [1.807, 2.05) is 30.3 Å². The molecule has 0 spiro atoms.